The Hall–Kier alpha value is -0.830. The second-order valence-corrected chi connectivity index (χ2v) is 4.58. The van der Waals surface area contributed by atoms with E-state index in [4.69, 9.17) is 5.11 Å². The molecule has 15 heavy (non-hydrogen) atoms. The molecule has 0 aromatic rings. The summed E-state index contributed by atoms with van der Waals surface area (Å²) in [5.74, 6) is -0.418. The van der Waals surface area contributed by atoms with Crippen LogP contribution >= 0.6 is 0 Å². The molecule has 2 unspecified atom stereocenters. The van der Waals surface area contributed by atoms with E-state index in [1.165, 1.54) is 5.57 Å². The van der Waals surface area contributed by atoms with Gasteiger partial charge in [0.25, 0.3) is 0 Å². The fraction of sp³-hybridized carbons (Fsp3) is 0.750. The van der Waals surface area contributed by atoms with E-state index in [0.29, 0.717) is 5.92 Å². The molecule has 86 valence electrons. The van der Waals surface area contributed by atoms with E-state index in [1.54, 1.807) is 0 Å². The average Bonchev–Trinajstić information content (AvgIpc) is 2.60. The van der Waals surface area contributed by atoms with Crippen LogP contribution in [0.2, 0.25) is 0 Å². The molecule has 1 rings (SSSR count). The van der Waals surface area contributed by atoms with Gasteiger partial charge in [-0.25, -0.2) is 0 Å². The van der Waals surface area contributed by atoms with Gasteiger partial charge in [0.05, 0.1) is 5.92 Å². The Labute approximate surface area is 91.6 Å². The Bertz CT molecular complexity index is 244. The first-order valence-electron chi connectivity index (χ1n) is 5.68. The number of carboxylic acids is 1. The number of carbonyl (C=O) groups is 1. The van der Waals surface area contributed by atoms with Gasteiger partial charge in [0.1, 0.15) is 0 Å². The van der Waals surface area contributed by atoms with Gasteiger partial charge in [0.2, 0.25) is 0 Å². The summed E-state index contributed by atoms with van der Waals surface area (Å²) >= 11 is 0. The molecule has 0 amide bonds. The minimum Gasteiger partial charge on any atom is -0.481 e. The second-order valence-electron chi connectivity index (χ2n) is 4.58. The average molecular weight is 211 g/mol. The fourth-order valence-corrected chi connectivity index (χ4v) is 2.15. The third-order valence-corrected chi connectivity index (χ3v) is 3.04. The van der Waals surface area contributed by atoms with Gasteiger partial charge in [-0.1, -0.05) is 18.1 Å². The lowest BCUT2D eigenvalue weighted by Gasteiger charge is -2.15. The Morgan fingerprint density at radius 2 is 2.20 bits per heavy atom. The number of hydrogen-bond acceptors (Lipinski definition) is 2. The highest BCUT2D eigenvalue weighted by molar-refractivity contribution is 5.70. The predicted octanol–water partition coefficient (Wildman–Crippen LogP) is 2.04. The van der Waals surface area contributed by atoms with Crippen LogP contribution in [0.4, 0.5) is 0 Å². The Morgan fingerprint density at radius 3 is 2.80 bits per heavy atom. The van der Waals surface area contributed by atoms with Crippen molar-refractivity contribution in [1.82, 2.24) is 5.32 Å². The van der Waals surface area contributed by atoms with E-state index in [0.717, 1.165) is 32.4 Å². The van der Waals surface area contributed by atoms with Gasteiger partial charge in [0.15, 0.2) is 0 Å². The minimum atomic E-state index is -0.624. The third kappa shape index (κ3) is 4.04. The van der Waals surface area contributed by atoms with Crippen LogP contribution in [-0.2, 0) is 4.79 Å². The van der Waals surface area contributed by atoms with Crippen molar-refractivity contribution >= 4 is 5.97 Å². The highest BCUT2D eigenvalue weighted by atomic mass is 16.4. The van der Waals surface area contributed by atoms with Gasteiger partial charge in [-0.15, -0.1) is 0 Å². The highest BCUT2D eigenvalue weighted by Gasteiger charge is 2.32. The molecule has 1 aliphatic carbocycles. The van der Waals surface area contributed by atoms with Gasteiger partial charge in [-0.3, -0.25) is 4.79 Å². The van der Waals surface area contributed by atoms with Crippen LogP contribution in [-0.4, -0.2) is 24.2 Å². The van der Waals surface area contributed by atoms with Gasteiger partial charge in [-0.05, 0) is 39.2 Å². The van der Waals surface area contributed by atoms with Crippen LogP contribution in [0, 0.1) is 11.8 Å². The smallest absolute Gasteiger partial charge is 0.306 e. The van der Waals surface area contributed by atoms with Gasteiger partial charge in [0, 0.05) is 6.54 Å². The molecule has 0 aromatic carbocycles. The van der Waals surface area contributed by atoms with Crippen molar-refractivity contribution in [3.05, 3.63) is 11.6 Å². The van der Waals surface area contributed by atoms with E-state index >= 15 is 0 Å². The number of carboxylic acid groups (broad SMARTS) is 1. The number of rotatable bonds is 5. The summed E-state index contributed by atoms with van der Waals surface area (Å²) in [4.78, 5) is 10.9. The van der Waals surface area contributed by atoms with Crippen LogP contribution in [0.1, 0.15) is 33.1 Å². The van der Waals surface area contributed by atoms with Crippen molar-refractivity contribution in [3.8, 4) is 0 Å². The largest absolute Gasteiger partial charge is 0.481 e. The predicted molar refractivity (Wildman–Crippen MR) is 60.8 cm³/mol. The number of nitrogens with one attached hydrogen (secondary N) is 1. The number of allylic oxidation sites excluding steroid dienone is 1. The number of aliphatic carboxylic acids is 1. The van der Waals surface area contributed by atoms with Gasteiger partial charge < -0.3 is 10.4 Å². The summed E-state index contributed by atoms with van der Waals surface area (Å²) in [5, 5.41) is 12.3. The van der Waals surface area contributed by atoms with Crippen molar-refractivity contribution < 1.29 is 9.90 Å². The van der Waals surface area contributed by atoms with Crippen molar-refractivity contribution in [2.45, 2.75) is 33.1 Å². The van der Waals surface area contributed by atoms with Crippen LogP contribution in [0.5, 0.6) is 0 Å². The SMILES string of the molecule is CC(C)=CCNCC1CCCC1C(=O)O. The molecule has 0 aliphatic heterocycles. The molecule has 2 N–H and O–H groups in total. The van der Waals surface area contributed by atoms with Crippen molar-refractivity contribution in [2.75, 3.05) is 13.1 Å². The summed E-state index contributed by atoms with van der Waals surface area (Å²) in [6.45, 7) is 5.82. The lowest BCUT2D eigenvalue weighted by molar-refractivity contribution is -0.142. The maximum absolute atomic E-state index is 10.9. The summed E-state index contributed by atoms with van der Waals surface area (Å²) in [5.41, 5.74) is 1.30. The summed E-state index contributed by atoms with van der Waals surface area (Å²) in [6, 6.07) is 0. The highest BCUT2D eigenvalue weighted by Crippen LogP contribution is 2.31. The zero-order chi connectivity index (χ0) is 11.3. The molecule has 1 fully saturated rings. The molecule has 1 aliphatic rings. The van der Waals surface area contributed by atoms with E-state index in [-0.39, 0.29) is 5.92 Å². The van der Waals surface area contributed by atoms with Crippen molar-refractivity contribution in [2.24, 2.45) is 11.8 Å². The topological polar surface area (TPSA) is 49.3 Å². The molecule has 3 heteroatoms. The molecule has 1 saturated carbocycles. The fourth-order valence-electron chi connectivity index (χ4n) is 2.15. The van der Waals surface area contributed by atoms with E-state index in [9.17, 15) is 4.79 Å². The normalized spacial score (nSPS) is 25.2. The van der Waals surface area contributed by atoms with Gasteiger partial charge >= 0.3 is 5.97 Å². The lowest BCUT2D eigenvalue weighted by atomic mass is 9.96. The zero-order valence-corrected chi connectivity index (χ0v) is 9.62. The standard InChI is InChI=1S/C12H21NO2/c1-9(2)6-7-13-8-10-4-3-5-11(10)12(14)15/h6,10-11,13H,3-5,7-8H2,1-2H3,(H,14,15). The Balaban J connectivity index is 2.26. The van der Waals surface area contributed by atoms with Crippen LogP contribution < -0.4 is 5.32 Å². The number of hydrogen-bond donors (Lipinski definition) is 2. The zero-order valence-electron chi connectivity index (χ0n) is 9.62. The molecule has 2 atom stereocenters. The summed E-state index contributed by atoms with van der Waals surface area (Å²) in [7, 11) is 0. The molecule has 3 nitrogen and oxygen atoms in total. The van der Waals surface area contributed by atoms with Crippen molar-refractivity contribution in [3.63, 3.8) is 0 Å². The molecule has 0 aromatic heterocycles. The lowest BCUT2D eigenvalue weighted by Crippen LogP contribution is -2.29. The second kappa shape index (κ2) is 5.91. The van der Waals surface area contributed by atoms with Gasteiger partial charge in [-0.2, -0.15) is 0 Å². The molecule has 0 spiro atoms. The van der Waals surface area contributed by atoms with E-state index < -0.39 is 5.97 Å². The van der Waals surface area contributed by atoms with Crippen molar-refractivity contribution in [1.29, 1.82) is 0 Å². The first-order valence-corrected chi connectivity index (χ1v) is 5.68. The maximum atomic E-state index is 10.9. The third-order valence-electron chi connectivity index (χ3n) is 3.04. The van der Waals surface area contributed by atoms with E-state index in [2.05, 4.69) is 25.2 Å². The van der Waals surface area contributed by atoms with Crippen LogP contribution in [0.15, 0.2) is 11.6 Å². The molecular formula is C12H21NO2. The quantitative estimate of drug-likeness (QED) is 0.540. The summed E-state index contributed by atoms with van der Waals surface area (Å²) < 4.78 is 0. The molecule has 0 radical (unpaired) electrons. The molecular weight excluding hydrogens is 190 g/mol. The molecule has 0 heterocycles. The Kier molecular flexibility index (Phi) is 4.82. The van der Waals surface area contributed by atoms with E-state index in [1.807, 2.05) is 0 Å². The first-order chi connectivity index (χ1) is 7.11. The Morgan fingerprint density at radius 1 is 1.47 bits per heavy atom. The first kappa shape index (κ1) is 12.2. The molecule has 0 bridgehead atoms. The minimum absolute atomic E-state index is 0.121. The van der Waals surface area contributed by atoms with Crippen LogP contribution in [0.25, 0.3) is 0 Å². The molecule has 0 saturated heterocycles. The maximum Gasteiger partial charge on any atom is 0.306 e. The van der Waals surface area contributed by atoms with Crippen LogP contribution in [0.3, 0.4) is 0 Å². The monoisotopic (exact) mass is 211 g/mol. The summed E-state index contributed by atoms with van der Waals surface area (Å²) in [6.07, 6.45) is 5.10.